The molecule has 4 atom stereocenters. The molecule has 52 heavy (non-hydrogen) atoms. The third-order valence-electron chi connectivity index (χ3n) is 10.0. The van der Waals surface area contributed by atoms with E-state index in [4.69, 9.17) is 4.74 Å². The number of carbonyl (C=O) groups is 5. The molecule has 3 heterocycles. The van der Waals surface area contributed by atoms with Crippen molar-refractivity contribution in [2.24, 2.45) is 5.92 Å². The van der Waals surface area contributed by atoms with Crippen LogP contribution in [0.4, 0.5) is 0 Å². The first-order valence-electron chi connectivity index (χ1n) is 18.6. The van der Waals surface area contributed by atoms with Gasteiger partial charge in [-0.25, -0.2) is 0 Å². The lowest BCUT2D eigenvalue weighted by atomic mass is 9.96. The summed E-state index contributed by atoms with van der Waals surface area (Å²) >= 11 is 0. The van der Waals surface area contributed by atoms with Gasteiger partial charge in [0, 0.05) is 44.7 Å². The van der Waals surface area contributed by atoms with E-state index in [1.807, 2.05) is 43.0 Å². The van der Waals surface area contributed by atoms with Gasteiger partial charge in [0.25, 0.3) is 5.91 Å². The van der Waals surface area contributed by atoms with Crippen LogP contribution in [0.5, 0.6) is 5.75 Å². The molecule has 0 spiro atoms. The van der Waals surface area contributed by atoms with E-state index in [9.17, 15) is 24.0 Å². The average molecular weight is 720 g/mol. The van der Waals surface area contributed by atoms with Gasteiger partial charge in [0.05, 0.1) is 13.7 Å². The molecule has 3 aliphatic heterocycles. The summed E-state index contributed by atoms with van der Waals surface area (Å²) in [5.74, 6) is -1.34. The maximum Gasteiger partial charge on any atom is 0.251 e. The highest BCUT2D eigenvalue weighted by atomic mass is 16.5. The summed E-state index contributed by atoms with van der Waals surface area (Å²) in [6, 6.07) is 11.5. The van der Waals surface area contributed by atoms with Crippen LogP contribution in [0, 0.1) is 5.92 Å². The van der Waals surface area contributed by atoms with E-state index in [2.05, 4.69) is 38.1 Å². The second-order valence-electron chi connectivity index (χ2n) is 14.1. The molecule has 13 heteroatoms. The average Bonchev–Trinajstić information content (AvgIpc) is 3.35. The minimum Gasteiger partial charge on any atom is -0.497 e. The molecule has 13 nitrogen and oxygen atoms in total. The number of hydrogen-bond acceptors (Lipinski definition) is 8. The van der Waals surface area contributed by atoms with Crippen LogP contribution < -0.4 is 26.0 Å². The van der Waals surface area contributed by atoms with Crippen molar-refractivity contribution in [3.05, 3.63) is 65.2 Å². The van der Waals surface area contributed by atoms with Gasteiger partial charge < -0.3 is 35.8 Å². The fourth-order valence-electron chi connectivity index (χ4n) is 6.39. The van der Waals surface area contributed by atoms with Crippen molar-refractivity contribution in [3.8, 4) is 5.75 Å². The van der Waals surface area contributed by atoms with Gasteiger partial charge in [-0.1, -0.05) is 44.5 Å². The standard InChI is InChI=1S/C39H57N7O6/c1-6-27(2)35-39(51)42-33(24-29-12-16-32(52-5)17-13-29)38(50)41-28(3)36(48)40-18-7-8-21-46(25-30-10-14-31(15-11-30)37(49)43-35)34(47)26-45-20-9-19-44(4)22-23-45/h10-17,27-28,33,35H,6-9,18-26H2,1-5H3,(H,40,48)(H,41,50)(H,42,51)(H,43,49)/t27-,28+,33-,35?/m0/s1. The van der Waals surface area contributed by atoms with Crippen molar-refractivity contribution in [2.75, 3.05) is 60.0 Å². The smallest absolute Gasteiger partial charge is 0.251 e. The van der Waals surface area contributed by atoms with Crippen LogP contribution >= 0.6 is 0 Å². The number of benzene rings is 2. The number of nitrogens with one attached hydrogen (secondary N) is 4. The molecule has 0 aromatic heterocycles. The quantitative estimate of drug-likeness (QED) is 0.317. The Morgan fingerprint density at radius 3 is 2.27 bits per heavy atom. The third-order valence-corrected chi connectivity index (χ3v) is 10.0. The number of carbonyl (C=O) groups excluding carboxylic acids is 5. The molecule has 2 aromatic carbocycles. The van der Waals surface area contributed by atoms with Crippen LogP contribution in [-0.2, 0) is 32.1 Å². The predicted molar refractivity (Wildman–Crippen MR) is 200 cm³/mol. The zero-order valence-corrected chi connectivity index (χ0v) is 31.4. The van der Waals surface area contributed by atoms with Gasteiger partial charge in [-0.2, -0.15) is 0 Å². The van der Waals surface area contributed by atoms with Crippen LogP contribution in [0.25, 0.3) is 0 Å². The van der Waals surface area contributed by atoms with Gasteiger partial charge in [0.15, 0.2) is 0 Å². The Kier molecular flexibility index (Phi) is 15.4. The zero-order chi connectivity index (χ0) is 37.6. The molecule has 2 bridgehead atoms. The maximum atomic E-state index is 13.9. The molecular formula is C39H57N7O6. The fourth-order valence-corrected chi connectivity index (χ4v) is 6.39. The summed E-state index contributed by atoms with van der Waals surface area (Å²) in [7, 11) is 3.67. The largest absolute Gasteiger partial charge is 0.497 e. The number of methoxy groups -OCH3 is 1. The van der Waals surface area contributed by atoms with Crippen molar-refractivity contribution in [1.82, 2.24) is 36.0 Å². The lowest BCUT2D eigenvalue weighted by Gasteiger charge is -2.27. The van der Waals surface area contributed by atoms with Crippen molar-refractivity contribution in [1.29, 1.82) is 0 Å². The summed E-state index contributed by atoms with van der Waals surface area (Å²) in [5, 5.41) is 11.4. The highest BCUT2D eigenvalue weighted by molar-refractivity contribution is 5.99. The SMILES string of the molecule is CC[C@H](C)C1NC(=O)c2ccc(cc2)CN(C(=O)CN2CCCN(C)CC2)CCCCNC(=O)[C@@H](C)NC(=O)[C@H](Cc2ccc(OC)cc2)NC1=O. The lowest BCUT2D eigenvalue weighted by molar-refractivity contribution is -0.133. The van der Waals surface area contributed by atoms with Gasteiger partial charge in [-0.3, -0.25) is 28.9 Å². The Balaban J connectivity index is 1.56. The zero-order valence-electron chi connectivity index (χ0n) is 31.4. The van der Waals surface area contributed by atoms with E-state index >= 15 is 0 Å². The Morgan fingerprint density at radius 1 is 0.846 bits per heavy atom. The van der Waals surface area contributed by atoms with E-state index in [-0.39, 0.29) is 24.2 Å². The van der Waals surface area contributed by atoms with E-state index in [1.54, 1.807) is 38.3 Å². The van der Waals surface area contributed by atoms with E-state index in [0.717, 1.165) is 43.7 Å². The van der Waals surface area contributed by atoms with Crippen LogP contribution in [0.1, 0.15) is 67.9 Å². The van der Waals surface area contributed by atoms with Crippen molar-refractivity contribution >= 4 is 29.5 Å². The highest BCUT2D eigenvalue weighted by Gasteiger charge is 2.31. The Bertz CT molecular complexity index is 1500. The van der Waals surface area contributed by atoms with Gasteiger partial charge >= 0.3 is 0 Å². The summed E-state index contributed by atoms with van der Waals surface area (Å²) in [5.41, 5.74) is 2.04. The molecule has 2 aromatic rings. The monoisotopic (exact) mass is 719 g/mol. The first-order chi connectivity index (χ1) is 25.0. The van der Waals surface area contributed by atoms with Gasteiger partial charge in [-0.15, -0.1) is 0 Å². The molecule has 0 saturated carbocycles. The number of rotatable bonds is 7. The molecule has 5 rings (SSSR count). The molecule has 284 valence electrons. The number of ether oxygens (including phenoxy) is 1. The van der Waals surface area contributed by atoms with Crippen LogP contribution in [0.3, 0.4) is 0 Å². The Morgan fingerprint density at radius 2 is 1.58 bits per heavy atom. The van der Waals surface area contributed by atoms with Crippen LogP contribution in [0.2, 0.25) is 0 Å². The van der Waals surface area contributed by atoms with E-state index in [0.29, 0.717) is 56.8 Å². The number of hydrogen-bond donors (Lipinski definition) is 4. The van der Waals surface area contributed by atoms with Gasteiger partial charge in [0.2, 0.25) is 23.6 Å². The van der Waals surface area contributed by atoms with Gasteiger partial charge in [0.1, 0.15) is 23.9 Å². The first kappa shape index (κ1) is 40.3. The molecular weight excluding hydrogens is 662 g/mol. The topological polar surface area (TPSA) is 152 Å². The minimum absolute atomic E-state index is 0.0386. The maximum absolute atomic E-state index is 13.9. The van der Waals surface area contributed by atoms with E-state index < -0.39 is 35.8 Å². The van der Waals surface area contributed by atoms with Crippen molar-refractivity contribution in [2.45, 2.75) is 77.5 Å². The van der Waals surface area contributed by atoms with Crippen LogP contribution in [-0.4, -0.2) is 122 Å². The molecule has 1 unspecified atom stereocenters. The summed E-state index contributed by atoms with van der Waals surface area (Å²) in [6.45, 7) is 10.6. The molecule has 0 aliphatic carbocycles. The summed E-state index contributed by atoms with van der Waals surface area (Å²) in [6.07, 6.45) is 3.07. The summed E-state index contributed by atoms with van der Waals surface area (Å²) < 4.78 is 5.26. The first-order valence-corrected chi connectivity index (χ1v) is 18.6. The summed E-state index contributed by atoms with van der Waals surface area (Å²) in [4.78, 5) is 74.1. The molecule has 4 N–H and O–H groups in total. The van der Waals surface area contributed by atoms with E-state index in [1.165, 1.54) is 0 Å². The van der Waals surface area contributed by atoms with Crippen molar-refractivity contribution in [3.63, 3.8) is 0 Å². The van der Waals surface area contributed by atoms with Gasteiger partial charge in [-0.05, 0) is 87.6 Å². The second kappa shape index (κ2) is 19.9. The molecule has 1 saturated heterocycles. The lowest BCUT2D eigenvalue weighted by Crippen LogP contribution is -2.58. The highest BCUT2D eigenvalue weighted by Crippen LogP contribution is 2.16. The molecule has 3 aliphatic rings. The normalized spacial score (nSPS) is 22.9. The molecule has 0 radical (unpaired) electrons. The Hall–Kier alpha value is -4.49. The molecule has 5 amide bonds. The predicted octanol–water partition coefficient (Wildman–Crippen LogP) is 1.95. The number of nitrogens with zero attached hydrogens (tertiary/aromatic N) is 3. The van der Waals surface area contributed by atoms with Crippen molar-refractivity contribution < 1.29 is 28.7 Å². The number of likely N-dealkylation sites (N-methyl/N-ethyl adjacent to an activating group) is 1. The second-order valence-corrected chi connectivity index (χ2v) is 14.1. The third kappa shape index (κ3) is 12.0. The molecule has 1 fully saturated rings. The number of amides is 5. The minimum atomic E-state index is -1.02. The fraction of sp³-hybridized carbons (Fsp3) is 0.564. The Labute approximate surface area is 308 Å². The van der Waals surface area contributed by atoms with Crippen LogP contribution in [0.15, 0.2) is 48.5 Å². The number of fused-ring (bicyclic) bond motifs is 18.